The fraction of sp³-hybridized carbons (Fsp3) is 0.684. The minimum Gasteiger partial charge on any atom is -0.497 e. The van der Waals surface area contributed by atoms with E-state index in [1.165, 1.54) is 56.3 Å². The molecule has 0 spiro atoms. The molecule has 138 valence electrons. The smallest absolute Gasteiger partial charge is 0.119 e. The number of nitrogens with zero attached hydrogens (tertiary/aromatic N) is 1. The van der Waals surface area contributed by atoms with E-state index in [-0.39, 0.29) is 24.8 Å². The van der Waals surface area contributed by atoms with Crippen LogP contribution in [0.3, 0.4) is 0 Å². The van der Waals surface area contributed by atoms with Crippen molar-refractivity contribution in [3.8, 4) is 5.75 Å². The lowest BCUT2D eigenvalue weighted by Crippen LogP contribution is -2.47. The average Bonchev–Trinajstić information content (AvgIpc) is 2.58. The number of hydrogen-bond donors (Lipinski definition) is 1. The SMILES string of the molecule is COc1ccc([C@@H](C2CCCCC2)N2CCNCC2)c(C)c1.Cl.Cl. The molecule has 5 heteroatoms. The van der Waals surface area contributed by atoms with E-state index in [1.807, 2.05) is 0 Å². The monoisotopic (exact) mass is 374 g/mol. The van der Waals surface area contributed by atoms with Crippen LogP contribution >= 0.6 is 24.8 Å². The number of nitrogens with one attached hydrogen (secondary N) is 1. The molecule has 1 saturated heterocycles. The molecule has 1 saturated carbocycles. The quantitative estimate of drug-likeness (QED) is 0.846. The molecule has 1 atom stereocenters. The molecule has 1 aromatic carbocycles. The van der Waals surface area contributed by atoms with E-state index >= 15 is 0 Å². The Balaban J connectivity index is 0.00000144. The maximum atomic E-state index is 5.40. The molecular formula is C19H32Cl2N2O. The first-order chi connectivity index (χ1) is 10.8. The van der Waals surface area contributed by atoms with Crippen molar-refractivity contribution in [1.82, 2.24) is 10.2 Å². The number of ether oxygens (including phenoxy) is 1. The van der Waals surface area contributed by atoms with Crippen molar-refractivity contribution in [1.29, 1.82) is 0 Å². The zero-order valence-corrected chi connectivity index (χ0v) is 16.6. The third-order valence-electron chi connectivity index (χ3n) is 5.44. The molecule has 24 heavy (non-hydrogen) atoms. The molecule has 0 amide bonds. The Morgan fingerprint density at radius 3 is 2.33 bits per heavy atom. The van der Waals surface area contributed by atoms with E-state index in [0.29, 0.717) is 6.04 Å². The van der Waals surface area contributed by atoms with Crippen LogP contribution in [0.4, 0.5) is 0 Å². The molecule has 0 radical (unpaired) electrons. The van der Waals surface area contributed by atoms with Gasteiger partial charge in [0.1, 0.15) is 5.75 Å². The van der Waals surface area contributed by atoms with E-state index < -0.39 is 0 Å². The van der Waals surface area contributed by atoms with Gasteiger partial charge in [-0.2, -0.15) is 0 Å². The summed E-state index contributed by atoms with van der Waals surface area (Å²) < 4.78 is 5.40. The first-order valence-corrected chi connectivity index (χ1v) is 8.89. The Morgan fingerprint density at radius 1 is 1.08 bits per heavy atom. The summed E-state index contributed by atoms with van der Waals surface area (Å²) in [5.74, 6) is 1.79. The van der Waals surface area contributed by atoms with E-state index in [1.54, 1.807) is 7.11 Å². The lowest BCUT2D eigenvalue weighted by molar-refractivity contribution is 0.103. The van der Waals surface area contributed by atoms with Gasteiger partial charge in [0.05, 0.1) is 7.11 Å². The summed E-state index contributed by atoms with van der Waals surface area (Å²) in [4.78, 5) is 2.72. The van der Waals surface area contributed by atoms with Gasteiger partial charge >= 0.3 is 0 Å². The Bertz CT molecular complexity index is 468. The molecule has 3 nitrogen and oxygen atoms in total. The Hall–Kier alpha value is -0.480. The van der Waals surface area contributed by atoms with Gasteiger partial charge < -0.3 is 10.1 Å². The molecule has 1 heterocycles. The largest absolute Gasteiger partial charge is 0.497 e. The predicted molar refractivity (Wildman–Crippen MR) is 106 cm³/mol. The van der Waals surface area contributed by atoms with E-state index in [9.17, 15) is 0 Å². The number of halogens is 2. The summed E-state index contributed by atoms with van der Waals surface area (Å²) >= 11 is 0. The molecule has 1 aliphatic heterocycles. The van der Waals surface area contributed by atoms with Crippen molar-refractivity contribution in [2.45, 2.75) is 45.1 Å². The van der Waals surface area contributed by atoms with Crippen molar-refractivity contribution in [3.63, 3.8) is 0 Å². The van der Waals surface area contributed by atoms with Crippen LogP contribution in [0.15, 0.2) is 18.2 Å². The minimum atomic E-state index is 0. The van der Waals surface area contributed by atoms with Gasteiger partial charge in [-0.05, 0) is 48.9 Å². The number of benzene rings is 1. The molecule has 0 aromatic heterocycles. The van der Waals surface area contributed by atoms with Gasteiger partial charge in [0, 0.05) is 32.2 Å². The van der Waals surface area contributed by atoms with Crippen LogP contribution in [0.2, 0.25) is 0 Å². The van der Waals surface area contributed by atoms with Gasteiger partial charge in [-0.25, -0.2) is 0 Å². The summed E-state index contributed by atoms with van der Waals surface area (Å²) in [6.45, 7) is 6.84. The van der Waals surface area contributed by atoms with Gasteiger partial charge in [-0.3, -0.25) is 4.90 Å². The second-order valence-electron chi connectivity index (χ2n) is 6.85. The Labute approximate surface area is 159 Å². The summed E-state index contributed by atoms with van der Waals surface area (Å²) in [6.07, 6.45) is 7.01. The fourth-order valence-electron chi connectivity index (χ4n) is 4.27. The van der Waals surface area contributed by atoms with Gasteiger partial charge in [0.25, 0.3) is 0 Å². The lowest BCUT2D eigenvalue weighted by Gasteiger charge is -2.41. The van der Waals surface area contributed by atoms with Crippen molar-refractivity contribution < 1.29 is 4.74 Å². The molecule has 2 fully saturated rings. The zero-order chi connectivity index (χ0) is 15.4. The molecule has 2 aliphatic rings. The Morgan fingerprint density at radius 2 is 1.75 bits per heavy atom. The number of aryl methyl sites for hydroxylation is 1. The highest BCUT2D eigenvalue weighted by Crippen LogP contribution is 2.40. The van der Waals surface area contributed by atoms with Crippen molar-refractivity contribution >= 4 is 24.8 Å². The normalized spacial score (nSPS) is 20.6. The van der Waals surface area contributed by atoms with Crippen LogP contribution < -0.4 is 10.1 Å². The number of piperazine rings is 1. The molecular weight excluding hydrogens is 343 g/mol. The fourth-order valence-corrected chi connectivity index (χ4v) is 4.27. The highest BCUT2D eigenvalue weighted by molar-refractivity contribution is 5.85. The zero-order valence-electron chi connectivity index (χ0n) is 14.9. The topological polar surface area (TPSA) is 24.5 Å². The third kappa shape index (κ3) is 5.01. The average molecular weight is 375 g/mol. The maximum Gasteiger partial charge on any atom is 0.119 e. The van der Waals surface area contributed by atoms with Crippen LogP contribution in [-0.4, -0.2) is 38.2 Å². The minimum absolute atomic E-state index is 0. The van der Waals surface area contributed by atoms with Gasteiger partial charge in [0.15, 0.2) is 0 Å². The molecule has 1 aliphatic carbocycles. The summed E-state index contributed by atoms with van der Waals surface area (Å²) in [5.41, 5.74) is 2.91. The Kier molecular flexibility index (Phi) is 9.43. The summed E-state index contributed by atoms with van der Waals surface area (Å²) in [6, 6.07) is 7.25. The number of methoxy groups -OCH3 is 1. The van der Waals surface area contributed by atoms with Crippen molar-refractivity contribution in [2.24, 2.45) is 5.92 Å². The standard InChI is InChI=1S/C19H30N2O.2ClH/c1-15-14-17(22-2)8-9-18(15)19(16-6-4-3-5-7-16)21-12-10-20-11-13-21;;/h8-9,14,16,19-20H,3-7,10-13H2,1-2H3;2*1H/t19-;;/m1../s1. The van der Waals surface area contributed by atoms with Crippen LogP contribution in [-0.2, 0) is 0 Å². The van der Waals surface area contributed by atoms with Crippen molar-refractivity contribution in [2.75, 3.05) is 33.3 Å². The molecule has 1 aromatic rings. The summed E-state index contributed by atoms with van der Waals surface area (Å²) in [5, 5.41) is 3.50. The molecule has 3 rings (SSSR count). The highest BCUT2D eigenvalue weighted by Gasteiger charge is 2.31. The maximum absolute atomic E-state index is 5.40. The van der Waals surface area contributed by atoms with Gasteiger partial charge in [-0.1, -0.05) is 25.3 Å². The molecule has 0 bridgehead atoms. The van der Waals surface area contributed by atoms with Gasteiger partial charge in [0.2, 0.25) is 0 Å². The van der Waals surface area contributed by atoms with E-state index in [0.717, 1.165) is 24.8 Å². The van der Waals surface area contributed by atoms with E-state index in [2.05, 4.69) is 35.3 Å². The van der Waals surface area contributed by atoms with Gasteiger partial charge in [-0.15, -0.1) is 24.8 Å². The predicted octanol–water partition coefficient (Wildman–Crippen LogP) is 4.37. The number of hydrogen-bond acceptors (Lipinski definition) is 3. The van der Waals surface area contributed by atoms with Crippen LogP contribution in [0.25, 0.3) is 0 Å². The lowest BCUT2D eigenvalue weighted by atomic mass is 9.79. The van der Waals surface area contributed by atoms with Crippen LogP contribution in [0.5, 0.6) is 5.75 Å². The van der Waals surface area contributed by atoms with Crippen LogP contribution in [0, 0.1) is 12.8 Å². The second kappa shape index (κ2) is 10.5. The first-order valence-electron chi connectivity index (χ1n) is 8.89. The van der Waals surface area contributed by atoms with Crippen molar-refractivity contribution in [3.05, 3.63) is 29.3 Å². The molecule has 0 unspecified atom stereocenters. The van der Waals surface area contributed by atoms with E-state index in [4.69, 9.17) is 4.74 Å². The summed E-state index contributed by atoms with van der Waals surface area (Å²) in [7, 11) is 1.75. The molecule has 1 N–H and O–H groups in total. The van der Waals surface area contributed by atoms with Crippen LogP contribution in [0.1, 0.15) is 49.3 Å². The third-order valence-corrected chi connectivity index (χ3v) is 5.44. The highest BCUT2D eigenvalue weighted by atomic mass is 35.5. The first kappa shape index (κ1) is 21.6. The second-order valence-corrected chi connectivity index (χ2v) is 6.85. The number of rotatable bonds is 4.